The molecule has 5 nitrogen and oxygen atoms in total. The molecule has 1 atom stereocenters. The molecule has 0 bridgehead atoms. The van der Waals surface area contributed by atoms with Crippen LogP contribution in [0.4, 0.5) is 5.13 Å². The van der Waals surface area contributed by atoms with Gasteiger partial charge in [0.1, 0.15) is 0 Å². The average molecular weight is 369 g/mol. The first-order chi connectivity index (χ1) is 12.7. The smallest absolute Gasteiger partial charge is 0.233 e. The second-order valence-corrected chi connectivity index (χ2v) is 8.11. The Bertz CT molecular complexity index is 772. The summed E-state index contributed by atoms with van der Waals surface area (Å²) in [6.45, 7) is 1.25. The van der Waals surface area contributed by atoms with Crippen molar-refractivity contribution in [2.24, 2.45) is 5.92 Å². The van der Waals surface area contributed by atoms with Crippen LogP contribution in [0.3, 0.4) is 0 Å². The fourth-order valence-electron chi connectivity index (χ4n) is 4.08. The monoisotopic (exact) mass is 369 g/mol. The summed E-state index contributed by atoms with van der Waals surface area (Å²) in [5, 5.41) is 5.34. The minimum atomic E-state index is -0.380. The van der Waals surface area contributed by atoms with Crippen molar-refractivity contribution in [2.45, 2.75) is 37.5 Å². The highest BCUT2D eigenvalue weighted by molar-refractivity contribution is 7.13. The van der Waals surface area contributed by atoms with Crippen LogP contribution in [0.5, 0.6) is 0 Å². The molecule has 0 unspecified atom stereocenters. The Hall–Kier alpha value is -2.21. The topological polar surface area (TPSA) is 62.3 Å². The number of nitrogens with one attached hydrogen (secondary N) is 1. The van der Waals surface area contributed by atoms with Crippen molar-refractivity contribution in [3.63, 3.8) is 0 Å². The van der Waals surface area contributed by atoms with E-state index in [1.165, 1.54) is 11.3 Å². The molecule has 136 valence electrons. The number of thiazole rings is 1. The molecule has 4 rings (SSSR count). The first-order valence-corrected chi connectivity index (χ1v) is 10.1. The maximum atomic E-state index is 13.4. The van der Waals surface area contributed by atoms with Crippen LogP contribution in [-0.2, 0) is 15.0 Å². The molecule has 2 amide bonds. The Morgan fingerprint density at radius 2 is 2.00 bits per heavy atom. The maximum Gasteiger partial charge on any atom is 0.233 e. The van der Waals surface area contributed by atoms with Gasteiger partial charge in [0.15, 0.2) is 5.13 Å². The Morgan fingerprint density at radius 1 is 1.19 bits per heavy atom. The molecule has 2 heterocycles. The van der Waals surface area contributed by atoms with E-state index in [9.17, 15) is 9.59 Å². The predicted molar refractivity (Wildman–Crippen MR) is 102 cm³/mol. The number of carbonyl (C=O) groups is 2. The number of likely N-dealkylation sites (tertiary alicyclic amines) is 1. The number of amides is 2. The summed E-state index contributed by atoms with van der Waals surface area (Å²) < 4.78 is 0. The molecular weight excluding hydrogens is 346 g/mol. The summed E-state index contributed by atoms with van der Waals surface area (Å²) in [6.07, 6.45) is 6.26. The van der Waals surface area contributed by atoms with Gasteiger partial charge >= 0.3 is 0 Å². The SMILES string of the molecule is O=C(Nc1nccs1)[C@@H]1CCCN(C(=O)C2(c3ccccc3)CCC2)C1. The summed E-state index contributed by atoms with van der Waals surface area (Å²) in [5.74, 6) is 0.00557. The van der Waals surface area contributed by atoms with Crippen LogP contribution < -0.4 is 5.32 Å². The highest BCUT2D eigenvalue weighted by atomic mass is 32.1. The van der Waals surface area contributed by atoms with Crippen molar-refractivity contribution in [3.8, 4) is 0 Å². The largest absolute Gasteiger partial charge is 0.341 e. The van der Waals surface area contributed by atoms with E-state index < -0.39 is 0 Å². The molecule has 2 aliphatic rings. The minimum absolute atomic E-state index is 0.0279. The van der Waals surface area contributed by atoms with Crippen molar-refractivity contribution in [3.05, 3.63) is 47.5 Å². The van der Waals surface area contributed by atoms with Crippen molar-refractivity contribution < 1.29 is 9.59 Å². The van der Waals surface area contributed by atoms with Crippen LogP contribution in [0.15, 0.2) is 41.9 Å². The molecule has 1 saturated carbocycles. The molecule has 1 aromatic heterocycles. The zero-order valence-electron chi connectivity index (χ0n) is 14.7. The van der Waals surface area contributed by atoms with Crippen LogP contribution in [-0.4, -0.2) is 34.8 Å². The van der Waals surface area contributed by atoms with E-state index in [2.05, 4.69) is 22.4 Å². The molecule has 6 heteroatoms. The lowest BCUT2D eigenvalue weighted by Gasteiger charge is -2.45. The summed E-state index contributed by atoms with van der Waals surface area (Å²) in [6, 6.07) is 10.1. The van der Waals surface area contributed by atoms with Crippen LogP contribution in [0.1, 0.15) is 37.7 Å². The molecule has 2 aromatic rings. The molecule has 0 spiro atoms. The Morgan fingerprint density at radius 3 is 2.65 bits per heavy atom. The van der Waals surface area contributed by atoms with Gasteiger partial charge in [-0.2, -0.15) is 0 Å². The summed E-state index contributed by atoms with van der Waals surface area (Å²) >= 11 is 1.41. The van der Waals surface area contributed by atoms with Gasteiger partial charge in [0.25, 0.3) is 0 Å². The van der Waals surface area contributed by atoms with E-state index in [4.69, 9.17) is 0 Å². The van der Waals surface area contributed by atoms with Gasteiger partial charge in [-0.3, -0.25) is 9.59 Å². The molecule has 26 heavy (non-hydrogen) atoms. The third-order valence-corrected chi connectivity index (χ3v) is 6.37. The molecule has 1 saturated heterocycles. The lowest BCUT2D eigenvalue weighted by atomic mass is 9.63. The van der Waals surface area contributed by atoms with E-state index >= 15 is 0 Å². The molecule has 1 aliphatic heterocycles. The lowest BCUT2D eigenvalue weighted by Crippen LogP contribution is -2.54. The molecule has 1 aromatic carbocycles. The van der Waals surface area contributed by atoms with E-state index in [1.54, 1.807) is 6.20 Å². The highest BCUT2D eigenvalue weighted by Gasteiger charge is 2.48. The molecular formula is C20H23N3O2S. The van der Waals surface area contributed by atoms with E-state index in [-0.39, 0.29) is 23.1 Å². The number of anilines is 1. The average Bonchev–Trinajstić information content (AvgIpc) is 3.15. The van der Waals surface area contributed by atoms with Crippen molar-refractivity contribution >= 4 is 28.3 Å². The molecule has 1 N–H and O–H groups in total. The van der Waals surface area contributed by atoms with Gasteiger partial charge in [-0.05, 0) is 31.2 Å². The van der Waals surface area contributed by atoms with Crippen LogP contribution >= 0.6 is 11.3 Å². The second kappa shape index (κ2) is 7.19. The Labute approximate surface area is 157 Å². The Kier molecular flexibility index (Phi) is 4.76. The number of hydrogen-bond acceptors (Lipinski definition) is 4. The van der Waals surface area contributed by atoms with Gasteiger partial charge in [0, 0.05) is 24.7 Å². The van der Waals surface area contributed by atoms with Crippen LogP contribution in [0.2, 0.25) is 0 Å². The maximum absolute atomic E-state index is 13.4. The van der Waals surface area contributed by atoms with Gasteiger partial charge in [0.2, 0.25) is 11.8 Å². The standard InChI is InChI=1S/C20H23N3O2S/c24-17(22-19-21-11-13-26-19)15-6-4-12-23(14-15)18(25)20(9-5-10-20)16-7-2-1-3-8-16/h1-3,7-8,11,13,15H,4-6,9-10,12,14H2,(H,21,22,24)/t15-/m1/s1. The third kappa shape index (κ3) is 3.14. The number of piperidine rings is 1. The summed E-state index contributed by atoms with van der Waals surface area (Å²) in [4.78, 5) is 32.0. The summed E-state index contributed by atoms with van der Waals surface area (Å²) in [5.41, 5.74) is 0.736. The number of rotatable bonds is 4. The van der Waals surface area contributed by atoms with Gasteiger partial charge in [-0.25, -0.2) is 4.98 Å². The first-order valence-electron chi connectivity index (χ1n) is 9.24. The van der Waals surface area contributed by atoms with Gasteiger partial charge < -0.3 is 10.2 Å². The van der Waals surface area contributed by atoms with E-state index in [0.717, 1.165) is 44.2 Å². The first kappa shape index (κ1) is 17.2. The number of hydrogen-bond donors (Lipinski definition) is 1. The molecule has 2 fully saturated rings. The number of aromatic nitrogens is 1. The van der Waals surface area contributed by atoms with Gasteiger partial charge in [-0.15, -0.1) is 11.3 Å². The van der Waals surface area contributed by atoms with Crippen molar-refractivity contribution in [1.29, 1.82) is 0 Å². The zero-order valence-corrected chi connectivity index (χ0v) is 15.5. The number of carbonyl (C=O) groups excluding carboxylic acids is 2. The van der Waals surface area contributed by atoms with Gasteiger partial charge in [-0.1, -0.05) is 36.8 Å². The van der Waals surface area contributed by atoms with Crippen molar-refractivity contribution in [1.82, 2.24) is 9.88 Å². The predicted octanol–water partition coefficient (Wildman–Crippen LogP) is 3.44. The zero-order chi connectivity index (χ0) is 18.0. The molecule has 0 radical (unpaired) electrons. The second-order valence-electron chi connectivity index (χ2n) is 7.22. The number of nitrogens with zero attached hydrogens (tertiary/aromatic N) is 2. The van der Waals surface area contributed by atoms with E-state index in [0.29, 0.717) is 11.7 Å². The summed E-state index contributed by atoms with van der Waals surface area (Å²) in [7, 11) is 0. The fourth-order valence-corrected chi connectivity index (χ4v) is 4.62. The van der Waals surface area contributed by atoms with Crippen molar-refractivity contribution in [2.75, 3.05) is 18.4 Å². The normalized spacial score (nSPS) is 21.7. The van der Waals surface area contributed by atoms with E-state index in [1.807, 2.05) is 28.5 Å². The minimum Gasteiger partial charge on any atom is -0.341 e. The fraction of sp³-hybridized carbons (Fsp3) is 0.450. The van der Waals surface area contributed by atoms with Crippen LogP contribution in [0, 0.1) is 5.92 Å². The number of benzene rings is 1. The quantitative estimate of drug-likeness (QED) is 0.898. The third-order valence-electron chi connectivity index (χ3n) is 5.68. The van der Waals surface area contributed by atoms with Crippen LogP contribution in [0.25, 0.3) is 0 Å². The highest BCUT2D eigenvalue weighted by Crippen LogP contribution is 2.45. The lowest BCUT2D eigenvalue weighted by molar-refractivity contribution is -0.143. The van der Waals surface area contributed by atoms with Gasteiger partial charge in [0.05, 0.1) is 11.3 Å². The molecule has 1 aliphatic carbocycles. The Balaban J connectivity index is 1.47.